The van der Waals surface area contributed by atoms with Crippen molar-refractivity contribution in [3.05, 3.63) is 77.4 Å². The van der Waals surface area contributed by atoms with Crippen LogP contribution in [0.3, 0.4) is 0 Å². The first kappa shape index (κ1) is 26.5. The summed E-state index contributed by atoms with van der Waals surface area (Å²) in [4.78, 5) is 11.6. The molecule has 0 aliphatic carbocycles. The molecular formula is C26H23F4NO5S. The molecule has 6 nitrogen and oxygen atoms in total. The molecule has 1 N–H and O–H groups in total. The summed E-state index contributed by atoms with van der Waals surface area (Å²) in [7, 11) is -4.27. The third-order valence-corrected chi connectivity index (χ3v) is 7.96. The van der Waals surface area contributed by atoms with Crippen molar-refractivity contribution in [1.82, 2.24) is 0 Å². The summed E-state index contributed by atoms with van der Waals surface area (Å²) < 4.78 is 91.1. The molecule has 1 heterocycles. The number of fused-ring (bicyclic) bond motifs is 1. The number of sulfonamides is 1. The van der Waals surface area contributed by atoms with E-state index in [-0.39, 0.29) is 40.9 Å². The molecule has 0 bridgehead atoms. The lowest BCUT2D eigenvalue weighted by molar-refractivity contribution is -0.148. The van der Waals surface area contributed by atoms with Gasteiger partial charge in [-0.05, 0) is 56.2 Å². The van der Waals surface area contributed by atoms with Crippen molar-refractivity contribution in [2.24, 2.45) is 5.41 Å². The standard InChI is InChI=1S/C26H23F4NO5S/c1-14-5-4-6-17(9-14)37(34,35)31-13-16(12-26(2,3)25(32)33)36-21-8-7-15(10-20(21)31)22-23(29)18(27)11-19(28)24(22)30/h4-11,16H,12-13H2,1-3H3,(H,32,33)/t16-/m0/s1. The number of carboxylic acid groups (broad SMARTS) is 1. The van der Waals surface area contributed by atoms with Gasteiger partial charge in [0.15, 0.2) is 23.3 Å². The van der Waals surface area contributed by atoms with Crippen LogP contribution in [0.25, 0.3) is 11.1 Å². The monoisotopic (exact) mass is 537 g/mol. The molecule has 0 amide bonds. The summed E-state index contributed by atoms with van der Waals surface area (Å²) in [5.41, 5.74) is -2.03. The van der Waals surface area contributed by atoms with Gasteiger partial charge in [-0.1, -0.05) is 18.2 Å². The number of aryl methyl sites for hydroxylation is 1. The molecule has 1 aliphatic rings. The Bertz CT molecular complexity index is 1480. The average Bonchev–Trinajstić information content (AvgIpc) is 2.82. The number of hydrogen-bond acceptors (Lipinski definition) is 4. The van der Waals surface area contributed by atoms with Crippen LogP contribution in [0, 0.1) is 35.6 Å². The smallest absolute Gasteiger partial charge is 0.309 e. The molecule has 3 aromatic carbocycles. The van der Waals surface area contributed by atoms with Crippen molar-refractivity contribution in [2.75, 3.05) is 10.8 Å². The number of aliphatic carboxylic acids is 1. The van der Waals surface area contributed by atoms with Crippen LogP contribution in [0.5, 0.6) is 5.75 Å². The highest BCUT2D eigenvalue weighted by Crippen LogP contribution is 2.43. The van der Waals surface area contributed by atoms with Gasteiger partial charge in [0, 0.05) is 12.5 Å². The van der Waals surface area contributed by atoms with Crippen molar-refractivity contribution in [3.63, 3.8) is 0 Å². The Kier molecular flexibility index (Phi) is 6.70. The van der Waals surface area contributed by atoms with E-state index in [1.54, 1.807) is 19.1 Å². The fourth-order valence-electron chi connectivity index (χ4n) is 4.19. The highest BCUT2D eigenvalue weighted by atomic mass is 32.2. The number of anilines is 1. The fraction of sp³-hybridized carbons (Fsp3) is 0.269. The summed E-state index contributed by atoms with van der Waals surface area (Å²) in [6, 6.07) is 9.58. The van der Waals surface area contributed by atoms with Crippen LogP contribution in [-0.4, -0.2) is 32.1 Å². The van der Waals surface area contributed by atoms with E-state index in [0.29, 0.717) is 5.56 Å². The van der Waals surface area contributed by atoms with Gasteiger partial charge < -0.3 is 9.84 Å². The minimum atomic E-state index is -4.27. The predicted molar refractivity (Wildman–Crippen MR) is 128 cm³/mol. The molecule has 0 spiro atoms. The molecule has 37 heavy (non-hydrogen) atoms. The van der Waals surface area contributed by atoms with Gasteiger partial charge in [-0.25, -0.2) is 26.0 Å². The van der Waals surface area contributed by atoms with Gasteiger partial charge in [0.05, 0.1) is 28.1 Å². The van der Waals surface area contributed by atoms with Crippen molar-refractivity contribution < 1.29 is 40.6 Å². The molecule has 0 aromatic heterocycles. The SMILES string of the molecule is Cc1cccc(S(=O)(=O)N2C[C@H](CC(C)(C)C(=O)O)Oc3ccc(-c4c(F)c(F)cc(F)c4F)cc32)c1. The van der Waals surface area contributed by atoms with Gasteiger partial charge in [-0.2, -0.15) is 0 Å². The average molecular weight is 538 g/mol. The molecule has 0 saturated heterocycles. The molecule has 0 fully saturated rings. The summed E-state index contributed by atoms with van der Waals surface area (Å²) in [6.45, 7) is 4.33. The summed E-state index contributed by atoms with van der Waals surface area (Å²) in [6.07, 6.45) is -0.939. The van der Waals surface area contributed by atoms with Crippen molar-refractivity contribution in [3.8, 4) is 16.9 Å². The Morgan fingerprint density at radius 1 is 1.05 bits per heavy atom. The highest BCUT2D eigenvalue weighted by molar-refractivity contribution is 7.92. The summed E-state index contributed by atoms with van der Waals surface area (Å²) in [5, 5.41) is 9.54. The third-order valence-electron chi connectivity index (χ3n) is 6.19. The minimum absolute atomic E-state index is 0.00453. The quantitative estimate of drug-likeness (QED) is 0.323. The molecular weight excluding hydrogens is 514 g/mol. The first-order valence-electron chi connectivity index (χ1n) is 11.2. The van der Waals surface area contributed by atoms with Crippen molar-refractivity contribution >= 4 is 21.7 Å². The van der Waals surface area contributed by atoms with E-state index in [1.807, 2.05) is 0 Å². The van der Waals surface area contributed by atoms with Crippen LogP contribution >= 0.6 is 0 Å². The number of carbonyl (C=O) groups is 1. The van der Waals surface area contributed by atoms with Gasteiger partial charge in [0.2, 0.25) is 0 Å². The van der Waals surface area contributed by atoms with Gasteiger partial charge in [0.25, 0.3) is 10.0 Å². The lowest BCUT2D eigenvalue weighted by Gasteiger charge is -2.38. The Hall–Kier alpha value is -3.60. The van der Waals surface area contributed by atoms with Crippen molar-refractivity contribution in [2.45, 2.75) is 38.2 Å². The number of ether oxygens (including phenoxy) is 1. The van der Waals surface area contributed by atoms with E-state index in [9.17, 15) is 35.9 Å². The van der Waals surface area contributed by atoms with E-state index in [1.165, 1.54) is 32.0 Å². The van der Waals surface area contributed by atoms with Crippen LogP contribution in [0.1, 0.15) is 25.8 Å². The molecule has 196 valence electrons. The number of hydrogen-bond donors (Lipinski definition) is 1. The first-order chi connectivity index (χ1) is 17.2. The molecule has 0 saturated carbocycles. The van der Waals surface area contributed by atoms with E-state index < -0.39 is 56.3 Å². The zero-order valence-corrected chi connectivity index (χ0v) is 20.9. The lowest BCUT2D eigenvalue weighted by Crippen LogP contribution is -2.46. The van der Waals surface area contributed by atoms with Crippen LogP contribution in [0.15, 0.2) is 53.4 Å². The molecule has 1 atom stereocenters. The number of carboxylic acids is 1. The van der Waals surface area contributed by atoms with Gasteiger partial charge in [-0.3, -0.25) is 9.10 Å². The Labute approximate surface area is 211 Å². The van der Waals surface area contributed by atoms with Gasteiger partial charge in [-0.15, -0.1) is 0 Å². The maximum atomic E-state index is 14.5. The Balaban J connectivity index is 1.89. The molecule has 0 unspecified atom stereocenters. The lowest BCUT2D eigenvalue weighted by atomic mass is 9.86. The molecule has 3 aromatic rings. The third kappa shape index (κ3) is 4.87. The maximum Gasteiger partial charge on any atom is 0.309 e. The second kappa shape index (κ2) is 9.37. The zero-order chi connectivity index (χ0) is 27.3. The first-order valence-corrected chi connectivity index (χ1v) is 12.6. The Morgan fingerprint density at radius 2 is 1.70 bits per heavy atom. The maximum absolute atomic E-state index is 14.5. The van der Waals surface area contributed by atoms with E-state index >= 15 is 0 Å². The van der Waals surface area contributed by atoms with Gasteiger partial charge >= 0.3 is 5.97 Å². The van der Waals surface area contributed by atoms with Gasteiger partial charge in [0.1, 0.15) is 11.9 Å². The van der Waals surface area contributed by atoms with E-state index in [2.05, 4.69) is 0 Å². The van der Waals surface area contributed by atoms with Crippen molar-refractivity contribution in [1.29, 1.82) is 0 Å². The summed E-state index contributed by atoms with van der Waals surface area (Å²) >= 11 is 0. The highest BCUT2D eigenvalue weighted by Gasteiger charge is 2.39. The largest absolute Gasteiger partial charge is 0.486 e. The molecule has 0 radical (unpaired) electrons. The molecule has 11 heteroatoms. The summed E-state index contributed by atoms with van der Waals surface area (Å²) in [5.74, 6) is -7.60. The van der Waals surface area contributed by atoms with Crippen LogP contribution in [0.4, 0.5) is 23.2 Å². The number of benzene rings is 3. The molecule has 1 aliphatic heterocycles. The normalized spacial score (nSPS) is 15.8. The van der Waals surface area contributed by atoms with E-state index in [4.69, 9.17) is 4.74 Å². The van der Waals surface area contributed by atoms with Crippen LogP contribution < -0.4 is 9.04 Å². The van der Waals surface area contributed by atoms with Crippen LogP contribution in [0.2, 0.25) is 0 Å². The Morgan fingerprint density at radius 3 is 2.30 bits per heavy atom. The van der Waals surface area contributed by atoms with Crippen LogP contribution in [-0.2, 0) is 14.8 Å². The molecule has 4 rings (SSSR count). The number of nitrogens with zero attached hydrogens (tertiary/aromatic N) is 1. The predicted octanol–water partition coefficient (Wildman–Crippen LogP) is 5.68. The number of halogens is 4. The zero-order valence-electron chi connectivity index (χ0n) is 20.1. The number of rotatable bonds is 6. The van der Waals surface area contributed by atoms with E-state index in [0.717, 1.165) is 16.4 Å². The second-order valence-electron chi connectivity index (χ2n) is 9.51. The fourth-order valence-corrected chi connectivity index (χ4v) is 5.79. The second-order valence-corrected chi connectivity index (χ2v) is 11.4. The topological polar surface area (TPSA) is 83.9 Å². The minimum Gasteiger partial charge on any atom is -0.486 e.